The van der Waals surface area contributed by atoms with Gasteiger partial charge < -0.3 is 61.0 Å². The van der Waals surface area contributed by atoms with Crippen LogP contribution in [0.2, 0.25) is 0 Å². The summed E-state index contributed by atoms with van der Waals surface area (Å²) >= 11 is 0. The molecule has 2 heterocycles. The minimum absolute atomic E-state index is 0.0504. The van der Waals surface area contributed by atoms with Crippen molar-refractivity contribution in [2.24, 2.45) is 23.7 Å². The van der Waals surface area contributed by atoms with Gasteiger partial charge in [0.25, 0.3) is 18.3 Å². The van der Waals surface area contributed by atoms with Crippen LogP contribution in [0.5, 0.6) is 0 Å². The summed E-state index contributed by atoms with van der Waals surface area (Å²) in [5, 5.41) is 25.8. The Kier molecular flexibility index (Phi) is 30.6. The zero-order chi connectivity index (χ0) is 69.4. The first kappa shape index (κ1) is 76.7. The van der Waals surface area contributed by atoms with E-state index in [9.17, 15) is 67.4 Å². The number of likely N-dealkylation sites (N-methyl/N-ethyl adjacent to an activating group) is 2. The molecule has 0 aliphatic carbocycles. The fraction of sp³-hybridized carbons (Fsp3) is 0.591. The third-order valence-electron chi connectivity index (χ3n) is 17.0. The predicted octanol–water partition coefficient (Wildman–Crippen LogP) is 3.62. The van der Waals surface area contributed by atoms with Crippen LogP contribution in [-0.2, 0) is 84.8 Å². The summed E-state index contributed by atoms with van der Waals surface area (Å²) in [6.45, 7) is 17.1. The van der Waals surface area contributed by atoms with Gasteiger partial charge in [-0.1, -0.05) is 104 Å². The van der Waals surface area contributed by atoms with E-state index in [1.807, 2.05) is 13.8 Å². The van der Waals surface area contributed by atoms with Gasteiger partial charge in [-0.25, -0.2) is 9.59 Å². The summed E-state index contributed by atoms with van der Waals surface area (Å²) in [5.74, 6) is -8.65. The number of nitrogens with one attached hydrogen (secondary N) is 6. The molecule has 0 spiro atoms. The smallest absolute Gasteiger partial charge is 0.410 e. The van der Waals surface area contributed by atoms with Crippen molar-refractivity contribution in [2.45, 2.75) is 194 Å². The Morgan fingerprint density at radius 2 is 1.30 bits per heavy atom. The molecular weight excluding hydrogens is 1200 g/mol. The van der Waals surface area contributed by atoms with Crippen LogP contribution in [0.15, 0.2) is 66.7 Å². The summed E-state index contributed by atoms with van der Waals surface area (Å²) in [5.41, 5.74) is 1.58. The first-order chi connectivity index (χ1) is 43.9. The number of carboxylic acid groups (broad SMARTS) is 1. The molecule has 2 aliphatic rings. The molecule has 2 aromatic rings. The van der Waals surface area contributed by atoms with Crippen molar-refractivity contribution < 1.29 is 81.6 Å². The second-order valence-corrected chi connectivity index (χ2v) is 24.7. The third-order valence-corrected chi connectivity index (χ3v) is 17.0. The SMILES string of the molecule is CCC(C)[C@@H]([C@@H](CC(=O)N1CCC[C@H]1[C@H](OC)[C@H](C)C(=O)N[C@@H](Cc1ccccc1)C(=O)O)OC=O)N(C)C(=O)[C@@H](NC(=O)[C@H](C(C)C)N(C)C(=O)OCc1ccc(NC(=O)C(C)NC(=O)C(C)NC(=O)C(C)NC(=O)CCCCCN2C(=O)C=CC2=O)cc1)C(C)C. The molecule has 0 saturated carbocycles. The van der Waals surface area contributed by atoms with E-state index >= 15 is 0 Å². The normalized spacial score (nSPS) is 17.3. The number of carbonyl (C=O) groups is 13. The number of hydrogen-bond donors (Lipinski definition) is 7. The van der Waals surface area contributed by atoms with E-state index in [0.29, 0.717) is 56.3 Å². The van der Waals surface area contributed by atoms with Crippen LogP contribution in [0, 0.1) is 23.7 Å². The maximum Gasteiger partial charge on any atom is 0.410 e. The average Bonchev–Trinajstić information content (AvgIpc) is 1.81. The second kappa shape index (κ2) is 37.1. The van der Waals surface area contributed by atoms with E-state index in [1.54, 1.807) is 94.1 Å². The van der Waals surface area contributed by atoms with Gasteiger partial charge in [-0.05, 0) is 87.5 Å². The first-order valence-corrected chi connectivity index (χ1v) is 31.7. The number of carbonyl (C=O) groups excluding carboxylic acids is 12. The number of rotatable bonds is 37. The number of amides is 11. The van der Waals surface area contributed by atoms with Crippen LogP contribution in [0.4, 0.5) is 10.5 Å². The molecule has 1 fully saturated rings. The molecule has 12 atom stereocenters. The van der Waals surface area contributed by atoms with Crippen molar-refractivity contribution in [2.75, 3.05) is 39.6 Å². The number of methoxy groups -OCH3 is 1. The summed E-state index contributed by atoms with van der Waals surface area (Å²) in [7, 11) is 4.32. The quantitative estimate of drug-likeness (QED) is 0.0289. The molecular formula is C66H96N10O17. The van der Waals surface area contributed by atoms with Gasteiger partial charge >= 0.3 is 12.1 Å². The van der Waals surface area contributed by atoms with Gasteiger partial charge in [0.1, 0.15) is 49.0 Å². The molecule has 4 unspecified atom stereocenters. The van der Waals surface area contributed by atoms with Crippen LogP contribution in [-0.4, -0.2) is 197 Å². The van der Waals surface area contributed by atoms with Crippen LogP contribution in [0.1, 0.15) is 132 Å². The molecule has 2 aliphatic heterocycles. The summed E-state index contributed by atoms with van der Waals surface area (Å²) in [4.78, 5) is 175. The third kappa shape index (κ3) is 22.5. The molecule has 11 amide bonds. The average molecular weight is 1300 g/mol. The van der Waals surface area contributed by atoms with Crippen LogP contribution in [0.3, 0.4) is 0 Å². The predicted molar refractivity (Wildman–Crippen MR) is 342 cm³/mol. The lowest BCUT2D eigenvalue weighted by Gasteiger charge is -2.40. The standard InChI is InChI=1S/C66H96N10O17/c1-14-40(6)57(50(93-37-77)35-54(81)75-33-21-24-49(75)58(91-13)41(7)59(82)71-48(65(88)89)34-45-22-17-15-18-23-45)73(11)64(87)55(38(2)3)72-63(86)56(39(4)5)74(12)66(90)92-36-46-26-28-47(29-27-46)70-62(85)44(10)69-61(84)43(9)68-60(83)42(8)67-51(78)25-19-16-20-32-76-52(79)30-31-53(76)80/h15,17-18,22-23,26-31,37-44,48-50,55-58H,14,16,19-21,24-25,32-36H2,1-13H3,(H,67,78)(H,68,83)(H,69,84)(H,70,85)(H,71,82)(H,72,86)(H,88,89)/t40?,41-,42?,43?,44?,48-,49-,50+,55-,56-,57-,58+/m0/s1. The van der Waals surface area contributed by atoms with E-state index in [-0.39, 0.29) is 56.6 Å². The summed E-state index contributed by atoms with van der Waals surface area (Å²) < 4.78 is 17.2. The lowest BCUT2D eigenvalue weighted by atomic mass is 9.89. The highest BCUT2D eigenvalue weighted by Crippen LogP contribution is 2.30. The molecule has 27 nitrogen and oxygen atoms in total. The molecule has 27 heteroatoms. The van der Waals surface area contributed by atoms with Gasteiger partial charge in [0, 0.05) is 65.0 Å². The number of aliphatic carboxylic acids is 1. The monoisotopic (exact) mass is 1300 g/mol. The largest absolute Gasteiger partial charge is 0.480 e. The Bertz CT molecular complexity index is 2940. The number of carboxylic acids is 1. The number of imide groups is 1. The Hall–Kier alpha value is -8.75. The molecule has 93 heavy (non-hydrogen) atoms. The van der Waals surface area contributed by atoms with Crippen molar-refractivity contribution in [3.8, 4) is 0 Å². The second-order valence-electron chi connectivity index (χ2n) is 24.7. The van der Waals surface area contributed by atoms with E-state index < -0.39 is 138 Å². The van der Waals surface area contributed by atoms with Crippen molar-refractivity contribution >= 4 is 83.3 Å². The van der Waals surface area contributed by atoms with Gasteiger partial charge in [-0.15, -0.1) is 0 Å². The molecule has 0 aromatic heterocycles. The number of anilines is 1. The molecule has 0 radical (unpaired) electrons. The zero-order valence-corrected chi connectivity index (χ0v) is 55.8. The fourth-order valence-corrected chi connectivity index (χ4v) is 11.4. The first-order valence-electron chi connectivity index (χ1n) is 31.7. The minimum atomic E-state index is -1.22. The van der Waals surface area contributed by atoms with Gasteiger partial charge in [0.05, 0.1) is 30.5 Å². The molecule has 1 saturated heterocycles. The Morgan fingerprint density at radius 1 is 0.699 bits per heavy atom. The number of hydrogen-bond acceptors (Lipinski definition) is 16. The van der Waals surface area contributed by atoms with E-state index in [4.69, 9.17) is 14.2 Å². The summed E-state index contributed by atoms with van der Waals surface area (Å²) in [6, 6.07) is 7.07. The fourth-order valence-electron chi connectivity index (χ4n) is 11.4. The lowest BCUT2D eigenvalue weighted by molar-refractivity contribution is -0.153. The molecule has 4 rings (SSSR count). The highest BCUT2D eigenvalue weighted by molar-refractivity contribution is 6.12. The minimum Gasteiger partial charge on any atom is -0.480 e. The topological polar surface area (TPSA) is 355 Å². The Labute approximate surface area is 544 Å². The number of likely N-dealkylation sites (tertiary alicyclic amines) is 1. The zero-order valence-electron chi connectivity index (χ0n) is 55.8. The van der Waals surface area contributed by atoms with Gasteiger partial charge in [-0.2, -0.15) is 0 Å². The maximum atomic E-state index is 14.8. The lowest BCUT2D eigenvalue weighted by Crippen LogP contribution is -2.60. The number of nitrogens with zero attached hydrogens (tertiary/aromatic N) is 4. The molecule has 512 valence electrons. The molecule has 7 N–H and O–H groups in total. The van der Waals surface area contributed by atoms with Crippen molar-refractivity contribution in [1.29, 1.82) is 0 Å². The van der Waals surface area contributed by atoms with E-state index in [0.717, 1.165) is 15.4 Å². The Balaban J connectivity index is 1.31. The van der Waals surface area contributed by atoms with Crippen molar-refractivity contribution in [3.63, 3.8) is 0 Å². The van der Waals surface area contributed by atoms with Gasteiger partial charge in [0.15, 0.2) is 0 Å². The number of unbranched alkanes of at least 4 members (excludes halogenated alkanes) is 2. The van der Waals surface area contributed by atoms with Crippen LogP contribution < -0.4 is 31.9 Å². The van der Waals surface area contributed by atoms with E-state index in [1.165, 1.54) is 59.0 Å². The van der Waals surface area contributed by atoms with Crippen LogP contribution in [0.25, 0.3) is 0 Å². The maximum absolute atomic E-state index is 14.8. The van der Waals surface area contributed by atoms with Crippen molar-refractivity contribution in [3.05, 3.63) is 77.9 Å². The molecule has 0 bridgehead atoms. The number of ether oxygens (including phenoxy) is 3. The van der Waals surface area contributed by atoms with Gasteiger partial charge in [0.2, 0.25) is 47.3 Å². The van der Waals surface area contributed by atoms with Crippen LogP contribution >= 0.6 is 0 Å². The van der Waals surface area contributed by atoms with Gasteiger partial charge in [-0.3, -0.25) is 62.5 Å². The summed E-state index contributed by atoms with van der Waals surface area (Å²) in [6.07, 6.45) is 2.43. The number of benzene rings is 2. The highest BCUT2D eigenvalue weighted by Gasteiger charge is 2.45. The Morgan fingerprint density at radius 3 is 1.86 bits per heavy atom. The van der Waals surface area contributed by atoms with Crippen molar-refractivity contribution in [1.82, 2.24) is 46.2 Å². The molecule has 2 aromatic carbocycles. The van der Waals surface area contributed by atoms with E-state index in [2.05, 4.69) is 31.9 Å². The highest BCUT2D eigenvalue weighted by atomic mass is 16.6.